The molecule has 246 valence electrons. The van der Waals surface area contributed by atoms with Crippen molar-refractivity contribution in [1.82, 2.24) is 18.8 Å². The molecule has 0 bridgehead atoms. The Bertz CT molecular complexity index is 2740. The molecule has 4 heterocycles. The van der Waals surface area contributed by atoms with Gasteiger partial charge in [0.1, 0.15) is 0 Å². The average Bonchev–Trinajstić information content (AvgIpc) is 3.74. The van der Waals surface area contributed by atoms with E-state index >= 15 is 0 Å². The molecule has 0 unspecified atom stereocenters. The van der Waals surface area contributed by atoms with Crippen LogP contribution < -0.4 is 0 Å². The Morgan fingerprint density at radius 3 is 1.35 bits per heavy atom. The Morgan fingerprint density at radius 1 is 0.490 bits per heavy atom. The van der Waals surface area contributed by atoms with Crippen LogP contribution in [0.15, 0.2) is 133 Å². The van der Waals surface area contributed by atoms with Crippen molar-refractivity contribution in [1.29, 1.82) is 0 Å². The Hall–Kier alpha value is -5.57. The van der Waals surface area contributed by atoms with Crippen molar-refractivity contribution in [2.24, 2.45) is 0 Å². The standard InChI is InChI=1S/C46H32N4.Pt/c1-29-21-25-41-37(27-29)33-17-9-11-19-35(33)45-47-39(43(49(41)45)31-13-5-3-6-14-31)23-24-40-44(32-15-7-4-8-16-32)50-42-26-22-30(2)28-38(42)34-18-10-12-20-36(34)46(50)48-40;/h3-18,21-22,25-28H,23-24H2,1-2H3;/q-2;+2. The minimum Gasteiger partial charge on any atom is -0.333 e. The molecule has 0 saturated heterocycles. The van der Waals surface area contributed by atoms with E-state index in [0.29, 0.717) is 0 Å². The van der Waals surface area contributed by atoms with Crippen LogP contribution in [0.1, 0.15) is 22.5 Å². The number of rotatable bonds is 5. The first-order valence-corrected chi connectivity index (χ1v) is 17.2. The van der Waals surface area contributed by atoms with E-state index < -0.39 is 0 Å². The Balaban J connectivity index is 0.00000348. The number of pyridine rings is 2. The van der Waals surface area contributed by atoms with Gasteiger partial charge in [-0.2, -0.15) is 0 Å². The summed E-state index contributed by atoms with van der Waals surface area (Å²) in [6, 6.07) is 54.5. The van der Waals surface area contributed by atoms with E-state index in [4.69, 9.17) is 9.97 Å². The van der Waals surface area contributed by atoms with Crippen molar-refractivity contribution >= 4 is 54.6 Å². The fourth-order valence-corrected chi connectivity index (χ4v) is 7.92. The zero-order valence-corrected chi connectivity index (χ0v) is 30.5. The molecule has 0 fully saturated rings. The summed E-state index contributed by atoms with van der Waals surface area (Å²) in [4.78, 5) is 10.9. The first kappa shape index (κ1) is 31.4. The minimum absolute atomic E-state index is 0. The van der Waals surface area contributed by atoms with E-state index in [1.54, 1.807) is 0 Å². The Morgan fingerprint density at radius 2 is 0.922 bits per heavy atom. The average molecular weight is 836 g/mol. The monoisotopic (exact) mass is 835 g/mol. The molecular formula is C46H32N4Pt. The van der Waals surface area contributed by atoms with Gasteiger partial charge in [-0.15, -0.1) is 59.3 Å². The molecule has 0 spiro atoms. The maximum atomic E-state index is 5.46. The molecular weight excluding hydrogens is 804 g/mol. The molecule has 0 radical (unpaired) electrons. The van der Waals surface area contributed by atoms with Crippen molar-refractivity contribution in [3.8, 4) is 22.5 Å². The number of fused-ring (bicyclic) bond motifs is 12. The molecule has 0 atom stereocenters. The second kappa shape index (κ2) is 12.3. The number of benzene rings is 6. The number of nitrogens with zero attached hydrogens (tertiary/aromatic N) is 4. The third kappa shape index (κ3) is 4.93. The van der Waals surface area contributed by atoms with Crippen LogP contribution in [-0.4, -0.2) is 18.8 Å². The van der Waals surface area contributed by atoms with Gasteiger partial charge in [-0.1, -0.05) is 107 Å². The number of hydrogen-bond acceptors (Lipinski definition) is 2. The van der Waals surface area contributed by atoms with E-state index in [1.807, 2.05) is 12.1 Å². The number of aromatic nitrogens is 4. The second-order valence-corrected chi connectivity index (χ2v) is 13.3. The van der Waals surface area contributed by atoms with Crippen molar-refractivity contribution in [2.75, 3.05) is 0 Å². The largest absolute Gasteiger partial charge is 2.00 e. The van der Waals surface area contributed by atoms with E-state index in [1.165, 1.54) is 32.7 Å². The van der Waals surface area contributed by atoms with Gasteiger partial charge in [-0.05, 0) is 60.7 Å². The summed E-state index contributed by atoms with van der Waals surface area (Å²) in [7, 11) is 0. The van der Waals surface area contributed by atoms with Crippen LogP contribution in [0.25, 0.3) is 77.2 Å². The molecule has 6 aromatic carbocycles. The maximum Gasteiger partial charge on any atom is 2.00 e. The number of hydrogen-bond donors (Lipinski definition) is 0. The molecule has 0 aliphatic heterocycles. The molecule has 0 aliphatic carbocycles. The molecule has 10 aromatic rings. The molecule has 4 aromatic heterocycles. The first-order chi connectivity index (χ1) is 24.6. The third-order valence-electron chi connectivity index (χ3n) is 10.1. The summed E-state index contributed by atoms with van der Waals surface area (Å²) >= 11 is 0. The topological polar surface area (TPSA) is 34.6 Å². The molecule has 4 nitrogen and oxygen atoms in total. The molecule has 0 saturated carbocycles. The van der Waals surface area contributed by atoms with E-state index in [0.717, 1.165) is 79.8 Å². The van der Waals surface area contributed by atoms with Crippen LogP contribution in [0.4, 0.5) is 0 Å². The quantitative estimate of drug-likeness (QED) is 0.128. The smallest absolute Gasteiger partial charge is 0.333 e. The predicted molar refractivity (Wildman–Crippen MR) is 206 cm³/mol. The molecule has 10 rings (SSSR count). The summed E-state index contributed by atoms with van der Waals surface area (Å²) < 4.78 is 4.72. The van der Waals surface area contributed by atoms with E-state index in [-0.39, 0.29) is 21.1 Å². The van der Waals surface area contributed by atoms with Gasteiger partial charge < -0.3 is 8.80 Å². The van der Waals surface area contributed by atoms with Crippen LogP contribution >= 0.6 is 0 Å². The Labute approximate surface area is 310 Å². The normalized spacial score (nSPS) is 11.7. The molecule has 0 N–H and O–H groups in total. The third-order valence-corrected chi connectivity index (χ3v) is 10.1. The summed E-state index contributed by atoms with van der Waals surface area (Å²) in [6.45, 7) is 4.31. The zero-order valence-electron chi connectivity index (χ0n) is 28.2. The molecule has 51 heavy (non-hydrogen) atoms. The van der Waals surface area contributed by atoms with Gasteiger partial charge in [0, 0.05) is 11.0 Å². The number of aryl methyl sites for hydroxylation is 4. The van der Waals surface area contributed by atoms with E-state index in [2.05, 4.69) is 156 Å². The van der Waals surface area contributed by atoms with Crippen LogP contribution in [0, 0.1) is 26.0 Å². The van der Waals surface area contributed by atoms with Crippen molar-refractivity contribution in [2.45, 2.75) is 26.7 Å². The zero-order chi connectivity index (χ0) is 33.3. The maximum absolute atomic E-state index is 5.46. The van der Waals surface area contributed by atoms with Crippen LogP contribution in [0.3, 0.4) is 0 Å². The van der Waals surface area contributed by atoms with E-state index in [9.17, 15) is 0 Å². The van der Waals surface area contributed by atoms with Crippen LogP contribution in [0.2, 0.25) is 0 Å². The van der Waals surface area contributed by atoms with Gasteiger partial charge >= 0.3 is 21.1 Å². The molecule has 5 heteroatoms. The van der Waals surface area contributed by atoms with Crippen molar-refractivity contribution in [3.63, 3.8) is 0 Å². The number of imidazole rings is 2. The van der Waals surface area contributed by atoms with Crippen molar-refractivity contribution < 1.29 is 21.1 Å². The van der Waals surface area contributed by atoms with Crippen LogP contribution in [-0.2, 0) is 33.9 Å². The second-order valence-electron chi connectivity index (χ2n) is 13.3. The summed E-state index contributed by atoms with van der Waals surface area (Å²) in [5, 5.41) is 6.84. The van der Waals surface area contributed by atoms with Gasteiger partial charge in [0.15, 0.2) is 0 Å². The predicted octanol–water partition coefficient (Wildman–Crippen LogP) is 10.9. The summed E-state index contributed by atoms with van der Waals surface area (Å²) in [5.74, 6) is 0. The SMILES string of the molecule is Cc1ccc2c(c1)c1ccc[c-]c1c1nc(CCc3nc4c5[c-]cccc5c5cc(C)ccc5n4c3-c3ccccc3)c(-c3ccccc3)n21.[Pt+2]. The van der Waals surface area contributed by atoms with Crippen molar-refractivity contribution in [3.05, 3.63) is 168 Å². The van der Waals surface area contributed by atoms with Gasteiger partial charge in [0.25, 0.3) is 0 Å². The van der Waals surface area contributed by atoms with Gasteiger partial charge in [-0.3, -0.25) is 9.97 Å². The molecule has 0 amide bonds. The fourth-order valence-electron chi connectivity index (χ4n) is 7.92. The first-order valence-electron chi connectivity index (χ1n) is 17.2. The Kier molecular flexibility index (Phi) is 7.60. The molecule has 0 aliphatic rings. The summed E-state index contributed by atoms with van der Waals surface area (Å²) in [5.41, 5.74) is 13.3. The summed E-state index contributed by atoms with van der Waals surface area (Å²) in [6.07, 6.45) is 1.44. The minimum atomic E-state index is 0. The van der Waals surface area contributed by atoms with Gasteiger partial charge in [0.05, 0.1) is 34.1 Å². The van der Waals surface area contributed by atoms with Gasteiger partial charge in [-0.25, -0.2) is 0 Å². The van der Waals surface area contributed by atoms with Gasteiger partial charge in [0.2, 0.25) is 0 Å². The van der Waals surface area contributed by atoms with Crippen LogP contribution in [0.5, 0.6) is 0 Å². The fraction of sp³-hybridized carbons (Fsp3) is 0.0870.